The van der Waals surface area contributed by atoms with Gasteiger partial charge in [-0.15, -0.1) is 57.5 Å². The van der Waals surface area contributed by atoms with Crippen LogP contribution >= 0.6 is 0 Å². The third kappa shape index (κ3) is 10.6. The van der Waals surface area contributed by atoms with Crippen LogP contribution in [0.5, 0.6) is 0 Å². The quantitative estimate of drug-likeness (QED) is 0.146. The van der Waals surface area contributed by atoms with Crippen molar-refractivity contribution in [2.75, 3.05) is 0 Å². The van der Waals surface area contributed by atoms with E-state index in [0.29, 0.717) is 0 Å². The predicted octanol–water partition coefficient (Wildman–Crippen LogP) is 12.0. The van der Waals surface area contributed by atoms with Crippen molar-refractivity contribution in [2.45, 2.75) is 128 Å². The Bertz CT molecular complexity index is 1260. The molecule has 2 saturated carbocycles. The Labute approximate surface area is 296 Å². The van der Waals surface area contributed by atoms with Crippen LogP contribution < -0.4 is 10.4 Å². The Kier molecular flexibility index (Phi) is 17.3. The first-order valence-electron chi connectivity index (χ1n) is 16.5. The van der Waals surface area contributed by atoms with Gasteiger partial charge in [-0.05, 0) is 37.5 Å². The summed E-state index contributed by atoms with van der Waals surface area (Å²) in [6, 6.07) is 23.8. The van der Waals surface area contributed by atoms with Crippen LogP contribution in [0.3, 0.4) is 0 Å². The SMILES string of the molecule is C[Si](C)(C)c1cc2c(C3CCCCC3)cccc2[cH-]1.C[Si](C)(C)c1cc2c(C3CCCCC3)cccc2[cH-]1.C[Si]C.[CH3-].[CH3-].[Zr+4]. The number of hydrogen-bond donors (Lipinski definition) is 0. The molecule has 0 saturated heterocycles. The summed E-state index contributed by atoms with van der Waals surface area (Å²) in [4.78, 5) is 0. The number of benzene rings is 2. The van der Waals surface area contributed by atoms with Gasteiger partial charge in [-0.25, -0.2) is 0 Å². The van der Waals surface area contributed by atoms with E-state index in [2.05, 4.69) is 113 Å². The zero-order valence-electron chi connectivity index (χ0n) is 30.0. The topological polar surface area (TPSA) is 0 Å². The Morgan fingerprint density at radius 1 is 0.568 bits per heavy atom. The molecular formula is C40H62Si3Zr. The van der Waals surface area contributed by atoms with Crippen molar-refractivity contribution in [1.82, 2.24) is 0 Å². The van der Waals surface area contributed by atoms with Crippen molar-refractivity contribution in [3.8, 4) is 0 Å². The molecule has 2 aliphatic carbocycles. The summed E-state index contributed by atoms with van der Waals surface area (Å²) in [6.07, 6.45) is 14.1. The second kappa shape index (κ2) is 18.5. The molecule has 0 spiro atoms. The average molecular weight is 718 g/mol. The Morgan fingerprint density at radius 3 is 1.18 bits per heavy atom. The summed E-state index contributed by atoms with van der Waals surface area (Å²) in [7, 11) is -1.29. The van der Waals surface area contributed by atoms with Crippen LogP contribution in [0.15, 0.2) is 60.7 Å². The first kappa shape index (κ1) is 41.2. The summed E-state index contributed by atoms with van der Waals surface area (Å²) < 4.78 is 0. The summed E-state index contributed by atoms with van der Waals surface area (Å²) in [5, 5.41) is 9.27. The molecule has 4 aromatic rings. The minimum atomic E-state index is -1.19. The average Bonchev–Trinajstić information content (AvgIpc) is 3.60. The molecule has 0 heterocycles. The molecule has 0 atom stereocenters. The summed E-state index contributed by atoms with van der Waals surface area (Å²) >= 11 is 0. The molecule has 0 bridgehead atoms. The van der Waals surface area contributed by atoms with Crippen molar-refractivity contribution < 1.29 is 26.2 Å². The fourth-order valence-corrected chi connectivity index (χ4v) is 9.25. The first-order chi connectivity index (χ1) is 19.5. The van der Waals surface area contributed by atoms with Gasteiger partial charge < -0.3 is 14.9 Å². The molecular weight excluding hydrogens is 656 g/mol. The van der Waals surface area contributed by atoms with Gasteiger partial charge in [-0.3, -0.25) is 0 Å². The second-order valence-corrected chi connectivity index (χ2v) is 26.0. The van der Waals surface area contributed by atoms with E-state index in [-0.39, 0.29) is 41.1 Å². The van der Waals surface area contributed by atoms with Gasteiger partial charge in [0.15, 0.2) is 0 Å². The molecule has 0 aliphatic heterocycles. The van der Waals surface area contributed by atoms with Crippen molar-refractivity contribution >= 4 is 57.6 Å². The van der Waals surface area contributed by atoms with Gasteiger partial charge in [0.25, 0.3) is 0 Å². The van der Waals surface area contributed by atoms with E-state index in [1.807, 2.05) is 0 Å². The van der Waals surface area contributed by atoms with Gasteiger partial charge in [-0.2, -0.15) is 22.9 Å². The van der Waals surface area contributed by atoms with E-state index in [9.17, 15) is 0 Å². The van der Waals surface area contributed by atoms with Crippen LogP contribution in [-0.2, 0) is 26.2 Å². The standard InChI is InChI=1S/2C18H25Si.C2H6Si.2CH3.Zr/c2*1-19(2,3)16-12-15-10-7-11-17(18(15)13-16)14-8-5-4-6-9-14;1-3-2;;;/h2*7,10-14H,4-6,8-9H2,1-3H3;1-2H3;2*1H3;/q2*-1;;2*-1;+4. The number of hydrogen-bond acceptors (Lipinski definition) is 0. The smallest absolute Gasteiger partial charge is 0.358 e. The second-order valence-electron chi connectivity index (χ2n) is 14.9. The molecule has 2 aliphatic rings. The van der Waals surface area contributed by atoms with E-state index < -0.39 is 16.1 Å². The van der Waals surface area contributed by atoms with Crippen LogP contribution in [0.25, 0.3) is 21.5 Å². The van der Waals surface area contributed by atoms with Crippen LogP contribution in [0.2, 0.25) is 52.4 Å². The largest absolute Gasteiger partial charge is 4.00 e. The van der Waals surface area contributed by atoms with Crippen molar-refractivity contribution in [2.24, 2.45) is 0 Å². The molecule has 2 radical (unpaired) electrons. The maximum Gasteiger partial charge on any atom is 4.00 e. The summed E-state index contributed by atoms with van der Waals surface area (Å²) in [6.45, 7) is 19.0. The van der Waals surface area contributed by atoms with Crippen molar-refractivity contribution in [3.63, 3.8) is 0 Å². The van der Waals surface area contributed by atoms with Gasteiger partial charge in [0.05, 0.1) is 16.1 Å². The number of rotatable bonds is 4. The van der Waals surface area contributed by atoms with Gasteiger partial charge in [0.1, 0.15) is 0 Å². The molecule has 0 N–H and O–H groups in total. The van der Waals surface area contributed by atoms with E-state index in [0.717, 1.165) is 21.4 Å². The fraction of sp³-hybridized carbons (Fsp3) is 0.500. The molecule has 238 valence electrons. The van der Waals surface area contributed by atoms with Crippen LogP contribution in [0.1, 0.15) is 87.2 Å². The Morgan fingerprint density at radius 2 is 0.886 bits per heavy atom. The maximum absolute atomic E-state index is 2.51. The van der Waals surface area contributed by atoms with Crippen LogP contribution in [0.4, 0.5) is 0 Å². The van der Waals surface area contributed by atoms with Gasteiger partial charge >= 0.3 is 26.2 Å². The van der Waals surface area contributed by atoms with E-state index in [1.54, 1.807) is 32.3 Å². The molecule has 44 heavy (non-hydrogen) atoms. The van der Waals surface area contributed by atoms with E-state index in [1.165, 1.54) is 75.0 Å². The third-order valence-corrected chi connectivity index (χ3v) is 13.4. The predicted molar refractivity (Wildman–Crippen MR) is 207 cm³/mol. The number of fused-ring (bicyclic) bond motifs is 2. The maximum atomic E-state index is 2.51. The summed E-state index contributed by atoms with van der Waals surface area (Å²) in [5.74, 6) is 1.63. The minimum Gasteiger partial charge on any atom is -0.358 e. The molecule has 2 fully saturated rings. The molecule has 4 heteroatoms. The summed E-state index contributed by atoms with van der Waals surface area (Å²) in [5.41, 5.74) is 3.25. The third-order valence-electron chi connectivity index (χ3n) is 9.39. The monoisotopic (exact) mass is 716 g/mol. The zero-order chi connectivity index (χ0) is 29.6. The van der Waals surface area contributed by atoms with Crippen LogP contribution in [0, 0.1) is 14.9 Å². The molecule has 0 nitrogen and oxygen atoms in total. The Hall–Kier alpha value is -0.806. The first-order valence-corrected chi connectivity index (χ1v) is 25.5. The molecule has 0 amide bonds. The van der Waals surface area contributed by atoms with Gasteiger partial charge in [0.2, 0.25) is 0 Å². The van der Waals surface area contributed by atoms with E-state index in [4.69, 9.17) is 0 Å². The zero-order valence-corrected chi connectivity index (χ0v) is 35.5. The van der Waals surface area contributed by atoms with Crippen molar-refractivity contribution in [3.05, 3.63) is 86.6 Å². The van der Waals surface area contributed by atoms with Gasteiger partial charge in [-0.1, -0.05) is 114 Å². The molecule has 4 aromatic carbocycles. The Balaban J connectivity index is 0.000000380. The molecule has 0 aromatic heterocycles. The molecule has 6 rings (SSSR count). The van der Waals surface area contributed by atoms with Crippen molar-refractivity contribution in [1.29, 1.82) is 0 Å². The normalized spacial score (nSPS) is 16.0. The minimum absolute atomic E-state index is 0. The molecule has 0 unspecified atom stereocenters. The van der Waals surface area contributed by atoms with Crippen LogP contribution in [-0.4, -0.2) is 25.7 Å². The fourth-order valence-electron chi connectivity index (χ4n) is 6.92. The van der Waals surface area contributed by atoms with E-state index >= 15 is 0 Å². The van der Waals surface area contributed by atoms with Gasteiger partial charge in [0, 0.05) is 9.52 Å².